The second-order valence-corrected chi connectivity index (χ2v) is 35.6. The number of carbonyl (C=O) groups excluding carboxylic acids is 1. The standard InChI is InChI=1S/C45H86O6Si3/c1-32(27-33(2)40(50-53(19,20)44(10,11)12)36(5)30-49-52(17,18)43(7,8)9)28-34(3)42(51-54(21,22)45(13,14)15)37(6)41(35(4)29-46)48-31-38-23-25-39(47-16)26-24-38/h23-27,29,33-37,40-42H,28,30-31H2,1-22H3/b32-27-/t33-,34-,35-,36-,37+,40+,41-,42+/m1/s1. The van der Waals surface area contributed by atoms with Crippen LogP contribution in [0, 0.1) is 29.6 Å². The molecule has 0 aromatic heterocycles. The molecular weight excluding hydrogens is 721 g/mol. The third-order valence-electron chi connectivity index (χ3n) is 13.2. The Morgan fingerprint density at radius 2 is 1.13 bits per heavy atom. The Balaban J connectivity index is 3.52. The van der Waals surface area contributed by atoms with E-state index in [0.29, 0.717) is 13.2 Å². The highest BCUT2D eigenvalue weighted by Crippen LogP contribution is 2.43. The third-order valence-corrected chi connectivity index (χ3v) is 26.6. The van der Waals surface area contributed by atoms with Crippen LogP contribution >= 0.6 is 0 Å². The van der Waals surface area contributed by atoms with Crippen LogP contribution in [-0.4, -0.2) is 63.3 Å². The molecule has 0 saturated carbocycles. The molecule has 0 aliphatic carbocycles. The number of benzene rings is 1. The normalized spacial score (nSPS) is 18.7. The minimum Gasteiger partial charge on any atom is -0.497 e. The maximum Gasteiger partial charge on any atom is 0.192 e. The lowest BCUT2D eigenvalue weighted by molar-refractivity contribution is -0.121. The molecule has 0 amide bonds. The van der Waals surface area contributed by atoms with Gasteiger partial charge < -0.3 is 27.5 Å². The Hall–Kier alpha value is -1.08. The quantitative estimate of drug-likeness (QED) is 0.0700. The first-order valence-corrected chi connectivity index (χ1v) is 29.4. The van der Waals surface area contributed by atoms with Crippen LogP contribution in [0.15, 0.2) is 35.9 Å². The number of ether oxygens (including phenoxy) is 2. The summed E-state index contributed by atoms with van der Waals surface area (Å²) in [5.74, 6) is 1.16. The first-order chi connectivity index (χ1) is 24.3. The van der Waals surface area contributed by atoms with E-state index in [0.717, 1.165) is 24.0 Å². The molecule has 0 spiro atoms. The van der Waals surface area contributed by atoms with E-state index >= 15 is 0 Å². The largest absolute Gasteiger partial charge is 0.497 e. The summed E-state index contributed by atoms with van der Waals surface area (Å²) >= 11 is 0. The highest BCUT2D eigenvalue weighted by molar-refractivity contribution is 6.75. The molecular formula is C45H86O6Si3. The molecule has 8 atom stereocenters. The number of rotatable bonds is 21. The van der Waals surface area contributed by atoms with E-state index in [1.807, 2.05) is 31.2 Å². The van der Waals surface area contributed by atoms with Gasteiger partial charge in [-0.1, -0.05) is 121 Å². The predicted molar refractivity (Wildman–Crippen MR) is 239 cm³/mol. The fourth-order valence-corrected chi connectivity index (χ4v) is 10.4. The van der Waals surface area contributed by atoms with Gasteiger partial charge in [-0.2, -0.15) is 0 Å². The molecule has 0 unspecified atom stereocenters. The van der Waals surface area contributed by atoms with Gasteiger partial charge in [0.25, 0.3) is 0 Å². The Labute approximate surface area is 337 Å². The topological polar surface area (TPSA) is 63.2 Å². The van der Waals surface area contributed by atoms with Crippen molar-refractivity contribution in [2.75, 3.05) is 13.7 Å². The summed E-state index contributed by atoms with van der Waals surface area (Å²) in [6.45, 7) is 49.4. The Bertz CT molecular complexity index is 1300. The van der Waals surface area contributed by atoms with Crippen molar-refractivity contribution >= 4 is 31.2 Å². The van der Waals surface area contributed by atoms with Crippen molar-refractivity contribution < 1.29 is 27.5 Å². The molecule has 1 aromatic rings. The number of carbonyl (C=O) groups is 1. The van der Waals surface area contributed by atoms with Crippen molar-refractivity contribution in [3.63, 3.8) is 0 Å². The second-order valence-electron chi connectivity index (χ2n) is 21.3. The fourth-order valence-electron chi connectivity index (χ4n) is 6.37. The van der Waals surface area contributed by atoms with Gasteiger partial charge in [0.05, 0.1) is 32.0 Å². The number of methoxy groups -OCH3 is 1. The predicted octanol–water partition coefficient (Wildman–Crippen LogP) is 13.1. The zero-order valence-electron chi connectivity index (χ0n) is 39.2. The first-order valence-electron chi connectivity index (χ1n) is 20.7. The van der Waals surface area contributed by atoms with Gasteiger partial charge in [-0.25, -0.2) is 0 Å². The molecule has 1 aromatic carbocycles. The lowest BCUT2D eigenvalue weighted by Gasteiger charge is -2.45. The van der Waals surface area contributed by atoms with Gasteiger partial charge in [0.2, 0.25) is 0 Å². The van der Waals surface area contributed by atoms with E-state index in [1.54, 1.807) is 7.11 Å². The molecule has 0 fully saturated rings. The minimum absolute atomic E-state index is 0.0139. The molecule has 0 aliphatic heterocycles. The van der Waals surface area contributed by atoms with Gasteiger partial charge >= 0.3 is 0 Å². The number of hydrogen-bond acceptors (Lipinski definition) is 6. The Morgan fingerprint density at radius 1 is 0.667 bits per heavy atom. The van der Waals surface area contributed by atoms with Crippen molar-refractivity contribution in [1.29, 1.82) is 0 Å². The van der Waals surface area contributed by atoms with E-state index in [9.17, 15) is 4.79 Å². The van der Waals surface area contributed by atoms with Crippen LogP contribution in [-0.2, 0) is 29.4 Å². The summed E-state index contributed by atoms with van der Waals surface area (Å²) in [4.78, 5) is 12.4. The van der Waals surface area contributed by atoms with E-state index in [2.05, 4.69) is 142 Å². The lowest BCUT2D eigenvalue weighted by atomic mass is 9.81. The maximum absolute atomic E-state index is 12.4. The van der Waals surface area contributed by atoms with Crippen molar-refractivity contribution in [3.05, 3.63) is 41.5 Å². The maximum atomic E-state index is 12.4. The molecule has 0 radical (unpaired) electrons. The average molecular weight is 807 g/mol. The molecule has 0 aliphatic rings. The van der Waals surface area contributed by atoms with Crippen molar-refractivity contribution in [2.45, 2.75) is 190 Å². The van der Waals surface area contributed by atoms with Crippen molar-refractivity contribution in [3.8, 4) is 5.75 Å². The van der Waals surface area contributed by atoms with Crippen LogP contribution in [0.3, 0.4) is 0 Å². The molecule has 6 nitrogen and oxygen atoms in total. The SMILES string of the molecule is COc1ccc(CO[C@@H]([C@H](C)[C@@H](O[Si](C)(C)C(C)(C)C)[C@H](C)C/C(C)=C\[C@@H](C)[C@H](O[Si](C)(C)C(C)(C)C)[C@H](C)CO[Si](C)(C)C(C)(C)C)[C@H](C)C=O)cc1. The van der Waals surface area contributed by atoms with Gasteiger partial charge in [0.1, 0.15) is 12.0 Å². The highest BCUT2D eigenvalue weighted by Gasteiger charge is 2.45. The summed E-state index contributed by atoms with van der Waals surface area (Å²) < 4.78 is 33.4. The van der Waals surface area contributed by atoms with Gasteiger partial charge in [-0.05, 0) is 97.3 Å². The number of allylic oxidation sites excluding steroid dienone is 1. The molecule has 0 saturated heterocycles. The van der Waals surface area contributed by atoms with Gasteiger partial charge in [-0.15, -0.1) is 0 Å². The minimum atomic E-state index is -2.18. The highest BCUT2D eigenvalue weighted by atomic mass is 28.4. The first kappa shape index (κ1) is 50.9. The van der Waals surface area contributed by atoms with Crippen LogP contribution in [0.25, 0.3) is 0 Å². The van der Waals surface area contributed by atoms with Crippen LogP contribution in [0.5, 0.6) is 5.75 Å². The van der Waals surface area contributed by atoms with E-state index in [-0.39, 0.29) is 63.0 Å². The zero-order valence-corrected chi connectivity index (χ0v) is 42.2. The summed E-state index contributed by atoms with van der Waals surface area (Å²) in [5, 5.41) is 0.300. The Morgan fingerprint density at radius 3 is 1.56 bits per heavy atom. The molecule has 0 N–H and O–H groups in total. The van der Waals surface area contributed by atoms with Crippen LogP contribution in [0.4, 0.5) is 0 Å². The zero-order chi connectivity index (χ0) is 42.3. The molecule has 0 heterocycles. The second kappa shape index (κ2) is 20.1. The van der Waals surface area contributed by atoms with Crippen molar-refractivity contribution in [1.82, 2.24) is 0 Å². The van der Waals surface area contributed by atoms with Gasteiger partial charge in [0, 0.05) is 24.4 Å². The fraction of sp³-hybridized carbons (Fsp3) is 0.800. The molecule has 1 rings (SSSR count). The molecule has 54 heavy (non-hydrogen) atoms. The summed E-state index contributed by atoms with van der Waals surface area (Å²) in [7, 11) is -4.49. The average Bonchev–Trinajstić information content (AvgIpc) is 3.03. The van der Waals surface area contributed by atoms with E-state index in [1.165, 1.54) is 5.57 Å². The molecule has 314 valence electrons. The van der Waals surface area contributed by atoms with Crippen LogP contribution in [0.2, 0.25) is 54.4 Å². The summed E-state index contributed by atoms with van der Waals surface area (Å²) in [5.41, 5.74) is 2.39. The molecule has 9 heteroatoms. The van der Waals surface area contributed by atoms with E-state index < -0.39 is 25.0 Å². The number of aldehydes is 1. The Kier molecular flexibility index (Phi) is 18.9. The van der Waals surface area contributed by atoms with E-state index in [4.69, 9.17) is 22.8 Å². The summed E-state index contributed by atoms with van der Waals surface area (Å²) in [6.07, 6.45) is 4.03. The third kappa shape index (κ3) is 14.7. The summed E-state index contributed by atoms with van der Waals surface area (Å²) in [6, 6.07) is 7.95. The number of hydrogen-bond donors (Lipinski definition) is 0. The monoisotopic (exact) mass is 807 g/mol. The van der Waals surface area contributed by atoms with Crippen LogP contribution < -0.4 is 4.74 Å². The van der Waals surface area contributed by atoms with Crippen LogP contribution in [0.1, 0.15) is 116 Å². The lowest BCUT2D eigenvalue weighted by Crippen LogP contribution is -2.50. The van der Waals surface area contributed by atoms with Gasteiger partial charge in [0.15, 0.2) is 25.0 Å². The van der Waals surface area contributed by atoms with Crippen molar-refractivity contribution in [2.24, 2.45) is 29.6 Å². The van der Waals surface area contributed by atoms with Gasteiger partial charge in [-0.3, -0.25) is 0 Å². The smallest absolute Gasteiger partial charge is 0.192 e. The molecule has 0 bridgehead atoms.